The van der Waals surface area contributed by atoms with Crippen LogP contribution in [0.15, 0.2) is 0 Å². The molecule has 130 valence electrons. The van der Waals surface area contributed by atoms with Crippen LogP contribution in [0, 0.1) is 0 Å². The van der Waals surface area contributed by atoms with E-state index >= 15 is 0 Å². The lowest BCUT2D eigenvalue weighted by Crippen LogP contribution is -2.37. The monoisotopic (exact) mass is 336 g/mol. The Morgan fingerprint density at radius 1 is 0.727 bits per heavy atom. The predicted molar refractivity (Wildman–Crippen MR) is 66.1 cm³/mol. The van der Waals surface area contributed by atoms with Crippen molar-refractivity contribution in [2.45, 2.75) is 44.5 Å². The van der Waals surface area contributed by atoms with E-state index in [1.807, 2.05) is 0 Å². The highest BCUT2D eigenvalue weighted by Gasteiger charge is 2.38. The summed E-state index contributed by atoms with van der Waals surface area (Å²) < 4.78 is 71.0. The van der Waals surface area contributed by atoms with Gasteiger partial charge in [0.2, 0.25) is 5.78 Å². The zero-order valence-electron chi connectivity index (χ0n) is 11.7. The molecule has 0 radical (unpaired) electrons. The number of hydrogen-bond acceptors (Lipinski definition) is 3. The number of ketones is 1. The lowest BCUT2D eigenvalue weighted by atomic mass is 10.2. The fraction of sp³-hybridized carbons (Fsp3) is 0.833. The van der Waals surface area contributed by atoms with Gasteiger partial charge in [-0.2, -0.15) is 26.3 Å². The third-order valence-electron chi connectivity index (χ3n) is 2.65. The Morgan fingerprint density at radius 3 is 1.82 bits per heavy atom. The number of halogens is 6. The Bertz CT molecular complexity index is 321. The van der Waals surface area contributed by atoms with Gasteiger partial charge in [-0.15, -0.1) is 0 Å². The van der Waals surface area contributed by atoms with Gasteiger partial charge in [0.05, 0.1) is 0 Å². The summed E-state index contributed by atoms with van der Waals surface area (Å²) in [7, 11) is 0. The maximum absolute atomic E-state index is 11.9. The molecule has 0 aromatic rings. The number of hydrogen-bond donors (Lipinski definition) is 2. The molecule has 0 rings (SSSR count). The van der Waals surface area contributed by atoms with E-state index < -0.39 is 30.5 Å². The van der Waals surface area contributed by atoms with E-state index in [0.29, 0.717) is 25.8 Å². The molecule has 0 aromatic carbocycles. The molecule has 0 saturated carbocycles. The number of carbonyl (C=O) groups excluding carboxylic acids is 2. The van der Waals surface area contributed by atoms with Crippen molar-refractivity contribution < 1.29 is 35.9 Å². The van der Waals surface area contributed by atoms with Gasteiger partial charge in [0, 0.05) is 13.0 Å². The zero-order valence-corrected chi connectivity index (χ0v) is 11.7. The van der Waals surface area contributed by atoms with Crippen LogP contribution >= 0.6 is 0 Å². The molecule has 0 aromatic heterocycles. The number of amides is 1. The first-order chi connectivity index (χ1) is 10.0. The first kappa shape index (κ1) is 20.7. The van der Waals surface area contributed by atoms with Gasteiger partial charge < -0.3 is 10.6 Å². The number of unbranched alkanes of at least 4 members (excludes halogenated alkanes) is 2. The molecule has 0 fully saturated rings. The SMILES string of the molecule is O=C(CCCNCCCCCNC(=O)C(F)(F)F)C(F)(F)F. The summed E-state index contributed by atoms with van der Waals surface area (Å²) in [6.45, 7) is 0.651. The molecule has 0 aliphatic rings. The van der Waals surface area contributed by atoms with Crippen LogP contribution in [0.3, 0.4) is 0 Å². The molecule has 0 saturated heterocycles. The van der Waals surface area contributed by atoms with Crippen molar-refractivity contribution in [1.82, 2.24) is 10.6 Å². The van der Waals surface area contributed by atoms with E-state index in [-0.39, 0.29) is 19.5 Å². The Morgan fingerprint density at radius 2 is 1.27 bits per heavy atom. The highest BCUT2D eigenvalue weighted by atomic mass is 19.4. The van der Waals surface area contributed by atoms with Crippen molar-refractivity contribution in [2.24, 2.45) is 0 Å². The van der Waals surface area contributed by atoms with Crippen molar-refractivity contribution in [1.29, 1.82) is 0 Å². The first-order valence-electron chi connectivity index (χ1n) is 6.71. The molecule has 22 heavy (non-hydrogen) atoms. The number of carbonyl (C=O) groups is 2. The summed E-state index contributed by atoms with van der Waals surface area (Å²) >= 11 is 0. The van der Waals surface area contributed by atoms with Crippen LogP contribution < -0.4 is 10.6 Å². The molecule has 0 unspecified atom stereocenters. The van der Waals surface area contributed by atoms with E-state index in [2.05, 4.69) is 5.32 Å². The van der Waals surface area contributed by atoms with Crippen molar-refractivity contribution >= 4 is 11.7 Å². The van der Waals surface area contributed by atoms with Crippen molar-refractivity contribution in [3.05, 3.63) is 0 Å². The summed E-state index contributed by atoms with van der Waals surface area (Å²) in [6.07, 6.45) is -8.63. The summed E-state index contributed by atoms with van der Waals surface area (Å²) in [6, 6.07) is 0. The van der Waals surface area contributed by atoms with Crippen LogP contribution in [-0.4, -0.2) is 43.7 Å². The minimum absolute atomic E-state index is 0.0694. The first-order valence-corrected chi connectivity index (χ1v) is 6.71. The third-order valence-corrected chi connectivity index (χ3v) is 2.65. The Balaban J connectivity index is 3.38. The fourth-order valence-corrected chi connectivity index (χ4v) is 1.49. The van der Waals surface area contributed by atoms with E-state index in [9.17, 15) is 35.9 Å². The highest BCUT2D eigenvalue weighted by molar-refractivity contribution is 5.83. The van der Waals surface area contributed by atoms with Gasteiger partial charge in [-0.05, 0) is 32.4 Å². The van der Waals surface area contributed by atoms with Gasteiger partial charge in [-0.25, -0.2) is 0 Å². The number of Topliss-reactive ketones (excluding diaryl/α,β-unsaturated/α-hetero) is 1. The molecule has 0 spiro atoms. The highest BCUT2D eigenvalue weighted by Crippen LogP contribution is 2.18. The average molecular weight is 336 g/mol. The van der Waals surface area contributed by atoms with E-state index in [1.165, 1.54) is 0 Å². The molecule has 2 N–H and O–H groups in total. The zero-order chi connectivity index (χ0) is 17.2. The van der Waals surface area contributed by atoms with Gasteiger partial charge in [0.25, 0.3) is 0 Å². The van der Waals surface area contributed by atoms with Gasteiger partial charge in [0.1, 0.15) is 0 Å². The second-order valence-electron chi connectivity index (χ2n) is 4.59. The summed E-state index contributed by atoms with van der Waals surface area (Å²) in [5, 5.41) is 4.56. The van der Waals surface area contributed by atoms with E-state index in [4.69, 9.17) is 0 Å². The number of alkyl halides is 6. The normalized spacial score (nSPS) is 12.3. The van der Waals surface area contributed by atoms with Gasteiger partial charge in [0.15, 0.2) is 0 Å². The Hall–Kier alpha value is -1.32. The topological polar surface area (TPSA) is 58.2 Å². The van der Waals surface area contributed by atoms with Crippen molar-refractivity contribution in [2.75, 3.05) is 19.6 Å². The van der Waals surface area contributed by atoms with Gasteiger partial charge in [-0.3, -0.25) is 9.59 Å². The van der Waals surface area contributed by atoms with E-state index in [1.54, 1.807) is 5.32 Å². The van der Waals surface area contributed by atoms with Crippen molar-refractivity contribution in [3.63, 3.8) is 0 Å². The molecule has 1 amide bonds. The second-order valence-corrected chi connectivity index (χ2v) is 4.59. The number of rotatable bonds is 10. The van der Waals surface area contributed by atoms with Crippen LogP contribution in [0.4, 0.5) is 26.3 Å². The molecule has 0 atom stereocenters. The largest absolute Gasteiger partial charge is 0.471 e. The maximum Gasteiger partial charge on any atom is 0.471 e. The van der Waals surface area contributed by atoms with Crippen LogP contribution in [-0.2, 0) is 9.59 Å². The maximum atomic E-state index is 11.9. The summed E-state index contributed by atoms with van der Waals surface area (Å²) in [5.41, 5.74) is 0. The summed E-state index contributed by atoms with van der Waals surface area (Å²) in [5.74, 6) is -3.73. The van der Waals surface area contributed by atoms with Crippen molar-refractivity contribution in [3.8, 4) is 0 Å². The molecular weight excluding hydrogens is 318 g/mol. The quantitative estimate of drug-likeness (QED) is 0.476. The average Bonchev–Trinajstić information content (AvgIpc) is 2.38. The molecule has 0 aliphatic carbocycles. The smallest absolute Gasteiger partial charge is 0.348 e. The second kappa shape index (κ2) is 9.65. The Kier molecular flexibility index (Phi) is 9.07. The molecule has 0 aliphatic heterocycles. The van der Waals surface area contributed by atoms with E-state index in [0.717, 1.165) is 0 Å². The number of nitrogens with one attached hydrogen (secondary N) is 2. The third kappa shape index (κ3) is 10.4. The molecule has 0 heterocycles. The van der Waals surface area contributed by atoms with Crippen LogP contribution in [0.25, 0.3) is 0 Å². The molecule has 4 nitrogen and oxygen atoms in total. The minimum Gasteiger partial charge on any atom is -0.348 e. The summed E-state index contributed by atoms with van der Waals surface area (Å²) in [4.78, 5) is 21.0. The van der Waals surface area contributed by atoms with Gasteiger partial charge >= 0.3 is 18.3 Å². The minimum atomic E-state index is -4.88. The fourth-order valence-electron chi connectivity index (χ4n) is 1.49. The van der Waals surface area contributed by atoms with Gasteiger partial charge in [-0.1, -0.05) is 6.42 Å². The standard InChI is InChI=1S/C12H18F6N2O2/c13-11(14,15)9(21)5-4-7-19-6-2-1-3-8-20-10(22)12(16,17)18/h19H,1-8H2,(H,20,22). The lowest BCUT2D eigenvalue weighted by molar-refractivity contribution is -0.173. The van der Waals surface area contributed by atoms with Crippen LogP contribution in [0.5, 0.6) is 0 Å². The van der Waals surface area contributed by atoms with Crippen LogP contribution in [0.2, 0.25) is 0 Å². The molecular formula is C12H18F6N2O2. The van der Waals surface area contributed by atoms with Crippen LogP contribution in [0.1, 0.15) is 32.1 Å². The Labute approximate surface area is 123 Å². The molecule has 10 heteroatoms. The predicted octanol–water partition coefficient (Wildman–Crippen LogP) is 2.34. The lowest BCUT2D eigenvalue weighted by Gasteiger charge is -2.08. The molecule has 0 bridgehead atoms.